The molecule has 7 nitrogen and oxygen atoms in total. The molecule has 126 valence electrons. The number of carbonyl (C=O) groups excluding carboxylic acids is 3. The van der Waals surface area contributed by atoms with E-state index in [-0.39, 0.29) is 24.3 Å². The molecule has 0 bridgehead atoms. The highest BCUT2D eigenvalue weighted by molar-refractivity contribution is 6.00. The summed E-state index contributed by atoms with van der Waals surface area (Å²) in [4.78, 5) is 37.3. The van der Waals surface area contributed by atoms with Gasteiger partial charge in [0.05, 0.1) is 6.04 Å². The van der Waals surface area contributed by atoms with E-state index in [0.29, 0.717) is 11.4 Å². The standard InChI is InChI=1S/C16H22N2O5/c1-10(7-11(2)23-15(20)9-22-3)16(21)17-14-8-13(19)12-5-4-6-18(12)14/h7-8,11-12H,4-6,9H2,1-3H3,(H,17,21)/b10-7+/t11-,12?/m0/s1. The van der Waals surface area contributed by atoms with Gasteiger partial charge in [-0.3, -0.25) is 9.59 Å². The molecule has 0 aliphatic carbocycles. The Labute approximate surface area is 135 Å². The van der Waals surface area contributed by atoms with Gasteiger partial charge in [0.2, 0.25) is 0 Å². The third-order valence-electron chi connectivity index (χ3n) is 3.83. The zero-order valence-corrected chi connectivity index (χ0v) is 13.6. The summed E-state index contributed by atoms with van der Waals surface area (Å²) in [6.07, 6.45) is 4.28. The number of fused-ring (bicyclic) bond motifs is 1. The van der Waals surface area contributed by atoms with Crippen molar-refractivity contribution in [1.82, 2.24) is 10.2 Å². The molecule has 0 radical (unpaired) electrons. The number of carbonyl (C=O) groups is 3. The molecular formula is C16H22N2O5. The van der Waals surface area contributed by atoms with Gasteiger partial charge in [-0.15, -0.1) is 0 Å². The Balaban J connectivity index is 1.92. The summed E-state index contributed by atoms with van der Waals surface area (Å²) in [5.41, 5.74) is 0.415. The van der Waals surface area contributed by atoms with Gasteiger partial charge in [-0.2, -0.15) is 0 Å². The Morgan fingerprint density at radius 1 is 1.52 bits per heavy atom. The third-order valence-corrected chi connectivity index (χ3v) is 3.83. The van der Waals surface area contributed by atoms with Crippen LogP contribution in [-0.2, 0) is 23.9 Å². The maximum atomic E-state index is 12.2. The first-order chi connectivity index (χ1) is 10.9. The predicted molar refractivity (Wildman–Crippen MR) is 82.1 cm³/mol. The molecule has 0 aromatic carbocycles. The van der Waals surface area contributed by atoms with Crippen LogP contribution >= 0.6 is 0 Å². The SMILES string of the molecule is COCC(=O)O[C@@H](C)/C=C(\C)C(=O)NC1=CC(=O)C2CCCN12. The molecule has 0 aromatic rings. The molecule has 0 aromatic heterocycles. The number of nitrogens with zero attached hydrogens (tertiary/aromatic N) is 1. The third kappa shape index (κ3) is 4.19. The molecule has 7 heteroatoms. The fraction of sp³-hybridized carbons (Fsp3) is 0.562. The highest BCUT2D eigenvalue weighted by Crippen LogP contribution is 2.27. The summed E-state index contributed by atoms with van der Waals surface area (Å²) in [7, 11) is 1.41. The predicted octanol–water partition coefficient (Wildman–Crippen LogP) is 0.516. The molecule has 1 N–H and O–H groups in total. The van der Waals surface area contributed by atoms with Crippen molar-refractivity contribution in [3.8, 4) is 0 Å². The fourth-order valence-corrected chi connectivity index (χ4v) is 2.81. The highest BCUT2D eigenvalue weighted by atomic mass is 16.6. The van der Waals surface area contributed by atoms with Crippen LogP contribution in [0.4, 0.5) is 0 Å². The minimum Gasteiger partial charge on any atom is -0.457 e. The molecule has 2 aliphatic heterocycles. The van der Waals surface area contributed by atoms with Crippen molar-refractivity contribution in [2.24, 2.45) is 0 Å². The molecule has 1 fully saturated rings. The summed E-state index contributed by atoms with van der Waals surface area (Å²) in [5, 5.41) is 2.76. The van der Waals surface area contributed by atoms with Gasteiger partial charge in [-0.25, -0.2) is 4.79 Å². The van der Waals surface area contributed by atoms with Gasteiger partial charge in [0.1, 0.15) is 18.5 Å². The molecule has 0 saturated carbocycles. The van der Waals surface area contributed by atoms with Gasteiger partial charge in [0.25, 0.3) is 5.91 Å². The molecule has 2 atom stereocenters. The second-order valence-electron chi connectivity index (χ2n) is 5.72. The molecule has 2 aliphatic rings. The Bertz CT molecular complexity index is 567. The van der Waals surface area contributed by atoms with Crippen molar-refractivity contribution in [2.45, 2.75) is 38.8 Å². The summed E-state index contributed by atoms with van der Waals surface area (Å²) in [5.74, 6) is -0.208. The van der Waals surface area contributed by atoms with E-state index in [2.05, 4.69) is 10.1 Å². The maximum absolute atomic E-state index is 12.2. The Morgan fingerprint density at radius 3 is 2.96 bits per heavy atom. The zero-order valence-electron chi connectivity index (χ0n) is 13.6. The first-order valence-electron chi connectivity index (χ1n) is 7.62. The first-order valence-corrected chi connectivity index (χ1v) is 7.62. The number of hydrogen-bond acceptors (Lipinski definition) is 6. The normalized spacial score (nSPS) is 21.8. The molecule has 2 rings (SSSR count). The number of esters is 1. The lowest BCUT2D eigenvalue weighted by molar-refractivity contribution is -0.150. The van der Waals surface area contributed by atoms with Gasteiger partial charge in [0, 0.05) is 25.3 Å². The Hall–Kier alpha value is -2.15. The number of methoxy groups -OCH3 is 1. The first kappa shape index (κ1) is 17.2. The molecule has 23 heavy (non-hydrogen) atoms. The van der Waals surface area contributed by atoms with Gasteiger partial charge >= 0.3 is 5.97 Å². The average Bonchev–Trinajstić information content (AvgIpc) is 3.04. The van der Waals surface area contributed by atoms with Crippen LogP contribution in [0.3, 0.4) is 0 Å². The summed E-state index contributed by atoms with van der Waals surface area (Å²) < 4.78 is 9.74. The van der Waals surface area contributed by atoms with Crippen LogP contribution in [0.25, 0.3) is 0 Å². The van der Waals surface area contributed by atoms with Crippen molar-refractivity contribution >= 4 is 17.7 Å². The Morgan fingerprint density at radius 2 is 2.26 bits per heavy atom. The number of ether oxygens (including phenoxy) is 2. The monoisotopic (exact) mass is 322 g/mol. The van der Waals surface area contributed by atoms with Crippen molar-refractivity contribution in [3.05, 3.63) is 23.5 Å². The van der Waals surface area contributed by atoms with Crippen LogP contribution < -0.4 is 5.32 Å². The van der Waals surface area contributed by atoms with E-state index in [1.165, 1.54) is 13.2 Å². The van der Waals surface area contributed by atoms with Crippen LogP contribution in [0.2, 0.25) is 0 Å². The van der Waals surface area contributed by atoms with Crippen molar-refractivity contribution in [3.63, 3.8) is 0 Å². The largest absolute Gasteiger partial charge is 0.457 e. The zero-order chi connectivity index (χ0) is 17.0. The number of rotatable bonds is 6. The number of nitrogens with one attached hydrogen (secondary N) is 1. The van der Waals surface area contributed by atoms with E-state index in [4.69, 9.17) is 4.74 Å². The van der Waals surface area contributed by atoms with E-state index < -0.39 is 12.1 Å². The average molecular weight is 322 g/mol. The van der Waals surface area contributed by atoms with Gasteiger partial charge in [-0.05, 0) is 32.8 Å². The van der Waals surface area contributed by atoms with E-state index in [1.807, 2.05) is 4.90 Å². The van der Waals surface area contributed by atoms with Crippen molar-refractivity contribution in [2.75, 3.05) is 20.3 Å². The lowest BCUT2D eigenvalue weighted by Gasteiger charge is -2.21. The van der Waals surface area contributed by atoms with Crippen LogP contribution in [0.1, 0.15) is 26.7 Å². The smallest absolute Gasteiger partial charge is 0.332 e. The van der Waals surface area contributed by atoms with Gasteiger partial charge in [-0.1, -0.05) is 0 Å². The van der Waals surface area contributed by atoms with Gasteiger partial charge in [0.15, 0.2) is 5.78 Å². The maximum Gasteiger partial charge on any atom is 0.332 e. The minimum atomic E-state index is -0.540. The molecule has 1 saturated heterocycles. The minimum absolute atomic E-state index is 0.0429. The van der Waals surface area contributed by atoms with Crippen LogP contribution in [0.15, 0.2) is 23.5 Å². The molecule has 0 spiro atoms. The lowest BCUT2D eigenvalue weighted by atomic mass is 10.2. The number of amides is 1. The summed E-state index contributed by atoms with van der Waals surface area (Å²) >= 11 is 0. The Kier molecular flexibility index (Phi) is 5.54. The second-order valence-corrected chi connectivity index (χ2v) is 5.72. The van der Waals surface area contributed by atoms with Gasteiger partial charge < -0.3 is 19.7 Å². The fourth-order valence-electron chi connectivity index (χ4n) is 2.81. The van der Waals surface area contributed by atoms with E-state index >= 15 is 0 Å². The van der Waals surface area contributed by atoms with Crippen LogP contribution in [-0.4, -0.2) is 55.0 Å². The molecule has 1 amide bonds. The van der Waals surface area contributed by atoms with Crippen molar-refractivity contribution < 1.29 is 23.9 Å². The quantitative estimate of drug-likeness (QED) is 0.567. The van der Waals surface area contributed by atoms with Crippen molar-refractivity contribution in [1.29, 1.82) is 0 Å². The van der Waals surface area contributed by atoms with E-state index in [1.54, 1.807) is 19.9 Å². The highest BCUT2D eigenvalue weighted by Gasteiger charge is 2.37. The van der Waals surface area contributed by atoms with E-state index in [9.17, 15) is 14.4 Å². The summed E-state index contributed by atoms with van der Waals surface area (Å²) in [6, 6.07) is -0.122. The number of hydrogen-bond donors (Lipinski definition) is 1. The topological polar surface area (TPSA) is 84.9 Å². The van der Waals surface area contributed by atoms with Crippen LogP contribution in [0, 0.1) is 0 Å². The number of ketones is 1. The van der Waals surface area contributed by atoms with Crippen LogP contribution in [0.5, 0.6) is 0 Å². The molecular weight excluding hydrogens is 300 g/mol. The molecule has 2 heterocycles. The summed E-state index contributed by atoms with van der Waals surface area (Å²) in [6.45, 7) is 3.94. The second kappa shape index (κ2) is 7.41. The lowest BCUT2D eigenvalue weighted by Crippen LogP contribution is -2.36. The van der Waals surface area contributed by atoms with E-state index in [0.717, 1.165) is 19.4 Å². The molecule has 1 unspecified atom stereocenters.